The summed E-state index contributed by atoms with van der Waals surface area (Å²) in [4.78, 5) is 4.21. The van der Waals surface area contributed by atoms with Gasteiger partial charge in [0.2, 0.25) is 0 Å². The molecule has 0 aromatic carbocycles. The molecule has 0 amide bonds. The van der Waals surface area contributed by atoms with Crippen molar-refractivity contribution in [3.63, 3.8) is 0 Å². The molecule has 0 aliphatic heterocycles. The van der Waals surface area contributed by atoms with Gasteiger partial charge in [0, 0.05) is 6.42 Å². The fourth-order valence-electron chi connectivity index (χ4n) is 1.25. The largest absolute Gasteiger partial charge is 0.393 e. The van der Waals surface area contributed by atoms with Crippen molar-refractivity contribution in [2.45, 2.75) is 39.7 Å². The molecule has 0 saturated carbocycles. The Labute approximate surface area is 83.0 Å². The van der Waals surface area contributed by atoms with E-state index in [4.69, 9.17) is 0 Å². The Kier molecular flexibility index (Phi) is 3.81. The summed E-state index contributed by atoms with van der Waals surface area (Å²) in [6.45, 7) is 6.08. The standard InChI is InChI=1S/C9H16N2OS/c1-6(2)4-8(12)5-9-10-7(3)11-13-9/h6,8,12H,4-5H2,1-3H3. The monoisotopic (exact) mass is 200 g/mol. The molecule has 1 aromatic heterocycles. The van der Waals surface area contributed by atoms with E-state index >= 15 is 0 Å². The zero-order chi connectivity index (χ0) is 9.84. The van der Waals surface area contributed by atoms with Gasteiger partial charge in [-0.3, -0.25) is 0 Å². The average molecular weight is 200 g/mol. The molecule has 1 N–H and O–H groups in total. The highest BCUT2D eigenvalue weighted by Gasteiger charge is 2.10. The molecular weight excluding hydrogens is 184 g/mol. The van der Waals surface area contributed by atoms with Gasteiger partial charge in [0.25, 0.3) is 0 Å². The highest BCUT2D eigenvalue weighted by molar-refractivity contribution is 7.05. The molecule has 0 radical (unpaired) electrons. The Hall–Kier alpha value is -0.480. The maximum atomic E-state index is 9.62. The van der Waals surface area contributed by atoms with Crippen LogP contribution in [0.5, 0.6) is 0 Å². The molecule has 0 bridgehead atoms. The lowest BCUT2D eigenvalue weighted by molar-refractivity contribution is 0.149. The Bertz CT molecular complexity index is 260. The van der Waals surface area contributed by atoms with Gasteiger partial charge in [0.05, 0.1) is 6.10 Å². The van der Waals surface area contributed by atoms with Crippen LogP contribution in [0.15, 0.2) is 0 Å². The highest BCUT2D eigenvalue weighted by Crippen LogP contribution is 2.12. The van der Waals surface area contributed by atoms with E-state index in [0.29, 0.717) is 12.3 Å². The molecule has 74 valence electrons. The third kappa shape index (κ3) is 3.83. The molecule has 0 fully saturated rings. The number of aryl methyl sites for hydroxylation is 1. The summed E-state index contributed by atoms with van der Waals surface area (Å²) < 4.78 is 4.07. The first-order valence-corrected chi connectivity index (χ1v) is 5.32. The first-order chi connectivity index (χ1) is 6.08. The van der Waals surface area contributed by atoms with Gasteiger partial charge in [-0.15, -0.1) is 0 Å². The van der Waals surface area contributed by atoms with Crippen molar-refractivity contribution in [1.82, 2.24) is 9.36 Å². The van der Waals surface area contributed by atoms with Crippen LogP contribution in [0.3, 0.4) is 0 Å². The van der Waals surface area contributed by atoms with E-state index in [1.54, 1.807) is 0 Å². The van der Waals surface area contributed by atoms with Crippen molar-refractivity contribution in [2.24, 2.45) is 5.92 Å². The summed E-state index contributed by atoms with van der Waals surface area (Å²) in [6, 6.07) is 0. The van der Waals surface area contributed by atoms with Crippen LogP contribution in [0.4, 0.5) is 0 Å². The van der Waals surface area contributed by atoms with Crippen LogP contribution < -0.4 is 0 Å². The lowest BCUT2D eigenvalue weighted by atomic mass is 10.0. The predicted molar refractivity (Wildman–Crippen MR) is 53.8 cm³/mol. The van der Waals surface area contributed by atoms with Crippen molar-refractivity contribution in [3.05, 3.63) is 10.8 Å². The Morgan fingerprint density at radius 2 is 2.15 bits per heavy atom. The third-order valence-corrected chi connectivity index (χ3v) is 2.55. The van der Waals surface area contributed by atoms with Gasteiger partial charge in [-0.05, 0) is 30.8 Å². The van der Waals surface area contributed by atoms with Crippen molar-refractivity contribution in [1.29, 1.82) is 0 Å². The molecule has 1 rings (SSSR count). The minimum atomic E-state index is -0.271. The van der Waals surface area contributed by atoms with E-state index in [1.807, 2.05) is 6.92 Å². The van der Waals surface area contributed by atoms with Crippen LogP contribution in [0.2, 0.25) is 0 Å². The number of aliphatic hydroxyl groups excluding tert-OH is 1. The van der Waals surface area contributed by atoms with Crippen molar-refractivity contribution in [3.8, 4) is 0 Å². The SMILES string of the molecule is Cc1nsc(CC(O)CC(C)C)n1. The van der Waals surface area contributed by atoms with Crippen molar-refractivity contribution < 1.29 is 5.11 Å². The minimum absolute atomic E-state index is 0.271. The summed E-state index contributed by atoms with van der Waals surface area (Å²) in [5, 5.41) is 10.6. The summed E-state index contributed by atoms with van der Waals surface area (Å²) in [5.41, 5.74) is 0. The second-order valence-electron chi connectivity index (χ2n) is 3.72. The van der Waals surface area contributed by atoms with Gasteiger partial charge in [0.15, 0.2) is 0 Å². The van der Waals surface area contributed by atoms with Gasteiger partial charge in [0.1, 0.15) is 10.8 Å². The molecule has 1 heterocycles. The fraction of sp³-hybridized carbons (Fsp3) is 0.778. The van der Waals surface area contributed by atoms with Gasteiger partial charge in [-0.1, -0.05) is 13.8 Å². The predicted octanol–water partition coefficient (Wildman–Crippen LogP) is 1.80. The maximum Gasteiger partial charge on any atom is 0.139 e. The Morgan fingerprint density at radius 3 is 2.62 bits per heavy atom. The van der Waals surface area contributed by atoms with Crippen LogP contribution in [0.1, 0.15) is 31.1 Å². The normalized spacial score (nSPS) is 13.6. The number of nitrogens with zero attached hydrogens (tertiary/aromatic N) is 2. The molecule has 0 spiro atoms. The van der Waals surface area contributed by atoms with Crippen LogP contribution >= 0.6 is 11.5 Å². The van der Waals surface area contributed by atoms with Gasteiger partial charge >= 0.3 is 0 Å². The van der Waals surface area contributed by atoms with Gasteiger partial charge < -0.3 is 5.11 Å². The molecular formula is C9H16N2OS. The first kappa shape index (κ1) is 10.6. The summed E-state index contributed by atoms with van der Waals surface area (Å²) >= 11 is 1.38. The van der Waals surface area contributed by atoms with Crippen molar-refractivity contribution >= 4 is 11.5 Å². The maximum absolute atomic E-state index is 9.62. The molecule has 0 aliphatic carbocycles. The molecule has 0 saturated heterocycles. The van der Waals surface area contributed by atoms with E-state index in [-0.39, 0.29) is 6.10 Å². The van der Waals surface area contributed by atoms with Crippen LogP contribution in [-0.2, 0) is 6.42 Å². The van der Waals surface area contributed by atoms with Crippen LogP contribution in [-0.4, -0.2) is 20.6 Å². The molecule has 1 atom stereocenters. The van der Waals surface area contributed by atoms with E-state index in [0.717, 1.165) is 17.3 Å². The quantitative estimate of drug-likeness (QED) is 0.806. The molecule has 3 nitrogen and oxygen atoms in total. The topological polar surface area (TPSA) is 46.0 Å². The van der Waals surface area contributed by atoms with Crippen molar-refractivity contribution in [2.75, 3.05) is 0 Å². The first-order valence-electron chi connectivity index (χ1n) is 4.55. The van der Waals surface area contributed by atoms with E-state index in [2.05, 4.69) is 23.2 Å². The summed E-state index contributed by atoms with van der Waals surface area (Å²) in [6.07, 6.45) is 1.20. The van der Waals surface area contributed by atoms with Crippen LogP contribution in [0, 0.1) is 12.8 Å². The number of aliphatic hydroxyl groups is 1. The van der Waals surface area contributed by atoms with E-state index in [9.17, 15) is 5.11 Å². The molecule has 1 unspecified atom stereocenters. The average Bonchev–Trinajstić information content (AvgIpc) is 2.33. The molecule has 1 aromatic rings. The minimum Gasteiger partial charge on any atom is -0.393 e. The molecule has 0 aliphatic rings. The second-order valence-corrected chi connectivity index (χ2v) is 4.56. The third-order valence-electron chi connectivity index (χ3n) is 1.72. The lowest BCUT2D eigenvalue weighted by Gasteiger charge is -2.10. The number of hydrogen-bond donors (Lipinski definition) is 1. The van der Waals surface area contributed by atoms with E-state index < -0.39 is 0 Å². The van der Waals surface area contributed by atoms with Gasteiger partial charge in [-0.25, -0.2) is 4.98 Å². The Morgan fingerprint density at radius 1 is 1.46 bits per heavy atom. The molecule has 4 heteroatoms. The summed E-state index contributed by atoms with van der Waals surface area (Å²) in [5.74, 6) is 1.33. The number of rotatable bonds is 4. The number of hydrogen-bond acceptors (Lipinski definition) is 4. The summed E-state index contributed by atoms with van der Waals surface area (Å²) in [7, 11) is 0. The smallest absolute Gasteiger partial charge is 0.139 e. The second kappa shape index (κ2) is 4.67. The highest BCUT2D eigenvalue weighted by atomic mass is 32.1. The zero-order valence-corrected chi connectivity index (χ0v) is 9.14. The molecule has 13 heavy (non-hydrogen) atoms. The Balaban J connectivity index is 2.40. The number of aromatic nitrogens is 2. The van der Waals surface area contributed by atoms with Crippen LogP contribution in [0.25, 0.3) is 0 Å². The zero-order valence-electron chi connectivity index (χ0n) is 8.32. The fourth-order valence-corrected chi connectivity index (χ4v) is 1.97. The van der Waals surface area contributed by atoms with Gasteiger partial charge in [-0.2, -0.15) is 4.37 Å². The lowest BCUT2D eigenvalue weighted by Crippen LogP contribution is -2.13. The van der Waals surface area contributed by atoms with E-state index in [1.165, 1.54) is 11.5 Å².